The van der Waals surface area contributed by atoms with E-state index < -0.39 is 5.97 Å². The monoisotopic (exact) mass is 335 g/mol. The highest BCUT2D eigenvalue weighted by atomic mass is 16.5. The van der Waals surface area contributed by atoms with Gasteiger partial charge in [0.2, 0.25) is 0 Å². The number of rotatable bonds is 3. The maximum absolute atomic E-state index is 12.7. The van der Waals surface area contributed by atoms with Crippen molar-refractivity contribution in [1.29, 1.82) is 0 Å². The van der Waals surface area contributed by atoms with Crippen LogP contribution in [0, 0.1) is 0 Å². The van der Waals surface area contributed by atoms with Gasteiger partial charge in [0.1, 0.15) is 0 Å². The molecule has 2 aromatic carbocycles. The summed E-state index contributed by atoms with van der Waals surface area (Å²) in [5, 5.41) is 3.45. The normalized spacial score (nSPS) is 16.7. The minimum absolute atomic E-state index is 0.105. The lowest BCUT2D eigenvalue weighted by Crippen LogP contribution is -2.43. The molecule has 0 saturated carbocycles. The summed E-state index contributed by atoms with van der Waals surface area (Å²) in [5.74, 6) is -0.520. The Kier molecular flexibility index (Phi) is 4.45. The van der Waals surface area contributed by atoms with E-state index in [0.717, 1.165) is 17.7 Å². The molecule has 0 aromatic heterocycles. The number of ether oxygens (including phenoxy) is 1. The molecule has 3 rings (SSSR count). The molecule has 0 saturated heterocycles. The smallest absolute Gasteiger partial charge is 0.337 e. The van der Waals surface area contributed by atoms with Gasteiger partial charge >= 0.3 is 5.97 Å². The van der Waals surface area contributed by atoms with Crippen LogP contribution in [0.5, 0.6) is 0 Å². The molecule has 0 fully saturated rings. The van der Waals surface area contributed by atoms with Gasteiger partial charge < -0.3 is 10.1 Å². The van der Waals surface area contributed by atoms with Gasteiger partial charge in [0.25, 0.3) is 0 Å². The van der Waals surface area contributed by atoms with Crippen molar-refractivity contribution >= 4 is 17.4 Å². The summed E-state index contributed by atoms with van der Waals surface area (Å²) in [7, 11) is 1.33. The first kappa shape index (κ1) is 17.0. The minimum atomic E-state index is -0.415. The highest BCUT2D eigenvalue weighted by Gasteiger charge is 2.27. The third-order valence-electron chi connectivity index (χ3n) is 4.28. The molecule has 0 aliphatic carbocycles. The second kappa shape index (κ2) is 6.55. The van der Waals surface area contributed by atoms with Crippen molar-refractivity contribution in [3.8, 4) is 0 Å². The van der Waals surface area contributed by atoms with Crippen molar-refractivity contribution in [2.24, 2.45) is 0 Å². The van der Waals surface area contributed by atoms with E-state index in [2.05, 4.69) is 30.0 Å². The first-order chi connectivity index (χ1) is 11.9. The Hall–Kier alpha value is -2.88. The van der Waals surface area contributed by atoms with Gasteiger partial charge in [0.15, 0.2) is 5.78 Å². The fourth-order valence-electron chi connectivity index (χ4n) is 3.11. The Bertz CT molecular complexity index is 848. The number of fused-ring (bicyclic) bond motifs is 1. The first-order valence-electron chi connectivity index (χ1n) is 8.20. The van der Waals surface area contributed by atoms with Gasteiger partial charge in [-0.1, -0.05) is 36.4 Å². The fraction of sp³-hybridized carbons (Fsp3) is 0.238. The van der Waals surface area contributed by atoms with Crippen LogP contribution < -0.4 is 5.32 Å². The van der Waals surface area contributed by atoms with Crippen LogP contribution in [0.15, 0.2) is 54.6 Å². The highest BCUT2D eigenvalue weighted by Crippen LogP contribution is 2.29. The highest BCUT2D eigenvalue weighted by molar-refractivity contribution is 6.09. The lowest BCUT2D eigenvalue weighted by molar-refractivity contribution is 0.0600. The molecule has 128 valence electrons. The molecule has 4 nitrogen and oxygen atoms in total. The quantitative estimate of drug-likeness (QED) is 0.529. The average molecular weight is 335 g/mol. The van der Waals surface area contributed by atoms with Gasteiger partial charge in [-0.25, -0.2) is 4.79 Å². The molecule has 1 aliphatic rings. The minimum Gasteiger partial charge on any atom is -0.465 e. The maximum Gasteiger partial charge on any atom is 0.337 e. The van der Waals surface area contributed by atoms with Gasteiger partial charge in [-0.05, 0) is 38.0 Å². The predicted molar refractivity (Wildman–Crippen MR) is 97.4 cm³/mol. The molecule has 0 atom stereocenters. The first-order valence-corrected chi connectivity index (χ1v) is 8.20. The largest absolute Gasteiger partial charge is 0.465 e. The van der Waals surface area contributed by atoms with E-state index in [1.54, 1.807) is 30.3 Å². The number of hydrogen-bond acceptors (Lipinski definition) is 4. The number of allylic oxidation sites excluding steroid dienone is 1. The Balaban J connectivity index is 1.92. The molecule has 0 unspecified atom stereocenters. The van der Waals surface area contributed by atoms with E-state index in [-0.39, 0.29) is 11.3 Å². The Morgan fingerprint density at radius 2 is 1.68 bits per heavy atom. The number of carbonyl (C=O) groups excluding carboxylic acids is 2. The van der Waals surface area contributed by atoms with Crippen molar-refractivity contribution in [2.75, 3.05) is 7.11 Å². The molecule has 0 radical (unpaired) electrons. The lowest BCUT2D eigenvalue weighted by atomic mass is 9.85. The van der Waals surface area contributed by atoms with Crippen LogP contribution in [0.2, 0.25) is 0 Å². The van der Waals surface area contributed by atoms with Crippen LogP contribution in [0.3, 0.4) is 0 Å². The molecule has 0 amide bonds. The molecule has 1 aliphatic heterocycles. The second-order valence-electron chi connectivity index (χ2n) is 6.83. The van der Waals surface area contributed by atoms with Crippen molar-refractivity contribution in [3.05, 3.63) is 76.9 Å². The van der Waals surface area contributed by atoms with Gasteiger partial charge in [-0.2, -0.15) is 0 Å². The van der Waals surface area contributed by atoms with Crippen molar-refractivity contribution in [3.63, 3.8) is 0 Å². The lowest BCUT2D eigenvalue weighted by Gasteiger charge is -2.35. The average Bonchev–Trinajstić information content (AvgIpc) is 2.60. The third-order valence-corrected chi connectivity index (χ3v) is 4.28. The standard InChI is InChI=1S/C21H21NO3/c1-21(2)13-16-6-4-5-7-17(16)18(22-21)12-19(23)14-8-10-15(11-9-14)20(24)25-3/h4-12,22H,13H2,1-3H3/b18-12-. The predicted octanol–water partition coefficient (Wildman–Crippen LogP) is 3.62. The third kappa shape index (κ3) is 3.63. The Morgan fingerprint density at radius 1 is 1.04 bits per heavy atom. The van der Waals surface area contributed by atoms with Gasteiger partial charge in [-0.15, -0.1) is 0 Å². The number of ketones is 1. The van der Waals surface area contributed by atoms with E-state index in [1.807, 2.05) is 18.2 Å². The van der Waals surface area contributed by atoms with Gasteiger partial charge in [0, 0.05) is 28.4 Å². The summed E-state index contributed by atoms with van der Waals surface area (Å²) in [6.07, 6.45) is 2.54. The molecular formula is C21H21NO3. The number of hydrogen-bond donors (Lipinski definition) is 1. The second-order valence-corrected chi connectivity index (χ2v) is 6.83. The Morgan fingerprint density at radius 3 is 2.36 bits per heavy atom. The maximum atomic E-state index is 12.7. The molecule has 4 heteroatoms. The van der Waals surface area contributed by atoms with Crippen LogP contribution in [-0.4, -0.2) is 24.4 Å². The van der Waals surface area contributed by atoms with Crippen molar-refractivity contribution in [2.45, 2.75) is 25.8 Å². The van der Waals surface area contributed by atoms with Crippen LogP contribution in [0.4, 0.5) is 0 Å². The number of nitrogens with one attached hydrogen (secondary N) is 1. The van der Waals surface area contributed by atoms with Crippen LogP contribution in [-0.2, 0) is 11.2 Å². The summed E-state index contributed by atoms with van der Waals surface area (Å²) < 4.78 is 4.67. The fourth-order valence-corrected chi connectivity index (χ4v) is 3.11. The summed E-state index contributed by atoms with van der Waals surface area (Å²) in [5.41, 5.74) is 3.95. The molecule has 1 N–H and O–H groups in total. The topological polar surface area (TPSA) is 55.4 Å². The molecule has 1 heterocycles. The molecule has 0 spiro atoms. The van der Waals surface area contributed by atoms with Gasteiger partial charge in [-0.3, -0.25) is 4.79 Å². The summed E-state index contributed by atoms with van der Waals surface area (Å²) >= 11 is 0. The molecule has 2 aromatic rings. The van der Waals surface area contributed by atoms with Crippen LogP contribution >= 0.6 is 0 Å². The number of esters is 1. The zero-order valence-corrected chi connectivity index (χ0v) is 14.6. The number of methoxy groups -OCH3 is 1. The number of benzene rings is 2. The molecule has 25 heavy (non-hydrogen) atoms. The zero-order valence-electron chi connectivity index (χ0n) is 14.6. The van der Waals surface area contributed by atoms with Crippen LogP contribution in [0.1, 0.15) is 45.7 Å². The van der Waals surface area contributed by atoms with E-state index in [1.165, 1.54) is 12.7 Å². The van der Waals surface area contributed by atoms with Crippen LogP contribution in [0.25, 0.3) is 5.70 Å². The van der Waals surface area contributed by atoms with Crippen molar-refractivity contribution < 1.29 is 14.3 Å². The van der Waals surface area contributed by atoms with E-state index in [0.29, 0.717) is 11.1 Å². The molecular weight excluding hydrogens is 314 g/mol. The summed E-state index contributed by atoms with van der Waals surface area (Å²) in [6, 6.07) is 14.6. The number of carbonyl (C=O) groups is 2. The van der Waals surface area contributed by atoms with E-state index in [4.69, 9.17) is 0 Å². The molecule has 0 bridgehead atoms. The van der Waals surface area contributed by atoms with E-state index >= 15 is 0 Å². The van der Waals surface area contributed by atoms with E-state index in [9.17, 15) is 9.59 Å². The van der Waals surface area contributed by atoms with Gasteiger partial charge in [0.05, 0.1) is 12.7 Å². The zero-order chi connectivity index (χ0) is 18.0. The van der Waals surface area contributed by atoms with Crippen molar-refractivity contribution in [1.82, 2.24) is 5.32 Å². The Labute approximate surface area is 147 Å². The summed E-state index contributed by atoms with van der Waals surface area (Å²) in [4.78, 5) is 24.1. The SMILES string of the molecule is COC(=O)c1ccc(C(=O)/C=C2\NC(C)(C)Cc3ccccc32)cc1. The summed E-state index contributed by atoms with van der Waals surface area (Å²) in [6.45, 7) is 4.23.